The number of benzene rings is 1. The molecule has 21 heavy (non-hydrogen) atoms. The highest BCUT2D eigenvalue weighted by molar-refractivity contribution is 9.10. The van der Waals surface area contributed by atoms with Crippen LogP contribution in [-0.2, 0) is 20.9 Å². The van der Waals surface area contributed by atoms with E-state index >= 15 is 0 Å². The van der Waals surface area contributed by atoms with E-state index in [1.54, 1.807) is 18.2 Å². The summed E-state index contributed by atoms with van der Waals surface area (Å²) in [6.45, 7) is -0.456. The predicted octanol–water partition coefficient (Wildman–Crippen LogP) is 0.448. The van der Waals surface area contributed by atoms with Crippen LogP contribution < -0.4 is 10.9 Å². The molecule has 0 saturated carbocycles. The lowest BCUT2D eigenvalue weighted by atomic mass is 10.2. The normalized spacial score (nSPS) is 10.4. The van der Waals surface area contributed by atoms with Crippen molar-refractivity contribution in [2.24, 2.45) is 0 Å². The minimum Gasteiger partial charge on any atom is -0.468 e. The van der Waals surface area contributed by atoms with E-state index in [1.165, 1.54) is 18.0 Å². The van der Waals surface area contributed by atoms with E-state index in [2.05, 4.69) is 31.0 Å². The van der Waals surface area contributed by atoms with E-state index in [-0.39, 0.29) is 18.6 Å². The van der Waals surface area contributed by atoms with E-state index in [0.29, 0.717) is 10.9 Å². The summed E-state index contributed by atoms with van der Waals surface area (Å²) in [5, 5.41) is 2.77. The number of esters is 1. The van der Waals surface area contributed by atoms with Crippen molar-refractivity contribution < 1.29 is 14.3 Å². The molecule has 8 heteroatoms. The van der Waals surface area contributed by atoms with E-state index in [1.807, 2.05) is 0 Å². The zero-order valence-electron chi connectivity index (χ0n) is 11.1. The number of aromatic nitrogens is 2. The zero-order valence-corrected chi connectivity index (χ0v) is 12.7. The molecule has 1 N–H and O–H groups in total. The highest BCUT2D eigenvalue weighted by atomic mass is 79.9. The van der Waals surface area contributed by atoms with Gasteiger partial charge in [0, 0.05) is 4.47 Å². The Bertz CT molecular complexity index is 757. The smallest absolute Gasteiger partial charge is 0.325 e. The molecule has 7 nitrogen and oxygen atoms in total. The van der Waals surface area contributed by atoms with Crippen LogP contribution in [0.5, 0.6) is 0 Å². The van der Waals surface area contributed by atoms with E-state index in [4.69, 9.17) is 0 Å². The molecule has 0 saturated heterocycles. The summed E-state index contributed by atoms with van der Waals surface area (Å²) in [4.78, 5) is 39.0. The van der Waals surface area contributed by atoms with Gasteiger partial charge in [0.15, 0.2) is 0 Å². The zero-order chi connectivity index (χ0) is 15.4. The van der Waals surface area contributed by atoms with E-state index in [0.717, 1.165) is 4.47 Å². The summed E-state index contributed by atoms with van der Waals surface area (Å²) in [7, 11) is 1.23. The lowest BCUT2D eigenvalue weighted by molar-refractivity contribution is -0.141. The number of halogens is 1. The molecule has 0 radical (unpaired) electrons. The van der Waals surface area contributed by atoms with Crippen LogP contribution in [-0.4, -0.2) is 35.1 Å². The molecular formula is C13H12BrN3O4. The lowest BCUT2D eigenvalue weighted by Gasteiger charge is -2.07. The monoisotopic (exact) mass is 353 g/mol. The Morgan fingerprint density at radius 3 is 2.90 bits per heavy atom. The predicted molar refractivity (Wildman–Crippen MR) is 78.7 cm³/mol. The highest BCUT2D eigenvalue weighted by Crippen LogP contribution is 2.14. The second-order valence-electron chi connectivity index (χ2n) is 4.19. The maximum absolute atomic E-state index is 12.2. The maximum Gasteiger partial charge on any atom is 0.325 e. The van der Waals surface area contributed by atoms with Crippen molar-refractivity contribution in [3.05, 3.63) is 39.4 Å². The van der Waals surface area contributed by atoms with Gasteiger partial charge in [-0.05, 0) is 18.2 Å². The molecule has 110 valence electrons. The van der Waals surface area contributed by atoms with Gasteiger partial charge in [-0.15, -0.1) is 0 Å². The van der Waals surface area contributed by atoms with E-state index < -0.39 is 11.9 Å². The molecule has 0 aliphatic carbocycles. The van der Waals surface area contributed by atoms with Gasteiger partial charge in [0.05, 0.1) is 24.3 Å². The van der Waals surface area contributed by atoms with Crippen LogP contribution >= 0.6 is 15.9 Å². The number of nitrogens with one attached hydrogen (secondary N) is 1. The summed E-state index contributed by atoms with van der Waals surface area (Å²) in [6, 6.07) is 5.14. The first-order valence-electron chi connectivity index (χ1n) is 5.99. The number of ether oxygens (including phenoxy) is 1. The van der Waals surface area contributed by atoms with Gasteiger partial charge >= 0.3 is 5.97 Å². The fraction of sp³-hybridized carbons (Fsp3) is 0.231. The van der Waals surface area contributed by atoms with Gasteiger partial charge in [0.25, 0.3) is 5.56 Å². The van der Waals surface area contributed by atoms with Crippen LogP contribution in [0.1, 0.15) is 0 Å². The Hall–Kier alpha value is -2.22. The molecule has 0 atom stereocenters. The summed E-state index contributed by atoms with van der Waals surface area (Å²) in [5.41, 5.74) is 0.226. The molecule has 1 amide bonds. The molecule has 0 spiro atoms. The molecule has 1 aromatic heterocycles. The minimum atomic E-state index is -0.559. The topological polar surface area (TPSA) is 90.3 Å². The molecule has 0 aliphatic rings. The Kier molecular flexibility index (Phi) is 4.69. The number of fused-ring (bicyclic) bond motifs is 1. The second-order valence-corrected chi connectivity index (χ2v) is 5.11. The molecule has 0 bridgehead atoms. The van der Waals surface area contributed by atoms with Crippen molar-refractivity contribution in [1.29, 1.82) is 0 Å². The van der Waals surface area contributed by atoms with Gasteiger partial charge < -0.3 is 10.1 Å². The summed E-state index contributed by atoms with van der Waals surface area (Å²) in [5.74, 6) is -1.03. The average molecular weight is 354 g/mol. The van der Waals surface area contributed by atoms with Crippen molar-refractivity contribution in [2.75, 3.05) is 13.7 Å². The van der Waals surface area contributed by atoms with E-state index in [9.17, 15) is 14.4 Å². The first kappa shape index (κ1) is 15.2. The maximum atomic E-state index is 12.2. The number of hydrogen-bond acceptors (Lipinski definition) is 5. The number of nitrogens with zero attached hydrogens (tertiary/aromatic N) is 2. The number of carbonyl (C=O) groups excluding carboxylic acids is 2. The number of rotatable bonds is 4. The van der Waals surface area contributed by atoms with Crippen molar-refractivity contribution in [2.45, 2.75) is 6.54 Å². The third kappa shape index (κ3) is 3.66. The van der Waals surface area contributed by atoms with Gasteiger partial charge in [-0.2, -0.15) is 0 Å². The Balaban J connectivity index is 2.19. The lowest BCUT2D eigenvalue weighted by Crippen LogP contribution is -2.35. The number of methoxy groups -OCH3 is 1. The first-order chi connectivity index (χ1) is 10.0. The van der Waals surface area contributed by atoms with Gasteiger partial charge in [0.2, 0.25) is 5.91 Å². The third-order valence-electron chi connectivity index (χ3n) is 2.76. The Labute approximate surface area is 128 Å². The fourth-order valence-electron chi connectivity index (χ4n) is 1.70. The summed E-state index contributed by atoms with van der Waals surface area (Å²) < 4.78 is 6.34. The number of amides is 1. The molecule has 0 aliphatic heterocycles. The fourth-order valence-corrected chi connectivity index (χ4v) is 2.06. The molecule has 0 fully saturated rings. The number of hydrogen-bond donors (Lipinski definition) is 1. The van der Waals surface area contributed by atoms with Gasteiger partial charge in [0.1, 0.15) is 13.1 Å². The molecule has 2 aromatic rings. The van der Waals surface area contributed by atoms with Gasteiger partial charge in [-0.3, -0.25) is 19.0 Å². The quantitative estimate of drug-likeness (QED) is 0.806. The Morgan fingerprint density at radius 2 is 2.19 bits per heavy atom. The average Bonchev–Trinajstić information content (AvgIpc) is 2.48. The van der Waals surface area contributed by atoms with Crippen LogP contribution in [0.2, 0.25) is 0 Å². The molecule has 1 aromatic carbocycles. The second kappa shape index (κ2) is 6.49. The molecule has 1 heterocycles. The summed E-state index contributed by atoms with van der Waals surface area (Å²) in [6.07, 6.45) is 1.30. The van der Waals surface area contributed by atoms with Crippen molar-refractivity contribution in [3.8, 4) is 0 Å². The van der Waals surface area contributed by atoms with Gasteiger partial charge in [-0.25, -0.2) is 4.98 Å². The van der Waals surface area contributed by atoms with Crippen LogP contribution in [0.15, 0.2) is 33.8 Å². The number of carbonyl (C=O) groups is 2. The minimum absolute atomic E-state index is 0.217. The van der Waals surface area contributed by atoms with Crippen molar-refractivity contribution in [1.82, 2.24) is 14.9 Å². The molecular weight excluding hydrogens is 342 g/mol. The van der Waals surface area contributed by atoms with Crippen LogP contribution in [0.25, 0.3) is 10.9 Å². The molecule has 2 rings (SSSR count). The third-order valence-corrected chi connectivity index (χ3v) is 3.25. The first-order valence-corrected chi connectivity index (χ1v) is 6.79. The molecule has 0 unspecified atom stereocenters. The standard InChI is InChI=1S/C13H12BrN3O4/c1-21-12(19)5-15-11(18)6-17-7-16-10-3-2-8(14)4-9(10)13(17)20/h2-4,7H,5-6H2,1H3,(H,15,18). The Morgan fingerprint density at radius 1 is 1.43 bits per heavy atom. The summed E-state index contributed by atoms with van der Waals surface area (Å²) >= 11 is 3.28. The van der Waals surface area contributed by atoms with Crippen molar-refractivity contribution in [3.63, 3.8) is 0 Å². The van der Waals surface area contributed by atoms with Crippen LogP contribution in [0.3, 0.4) is 0 Å². The van der Waals surface area contributed by atoms with Crippen LogP contribution in [0, 0.1) is 0 Å². The van der Waals surface area contributed by atoms with Crippen molar-refractivity contribution >= 4 is 38.7 Å². The van der Waals surface area contributed by atoms with Gasteiger partial charge in [-0.1, -0.05) is 15.9 Å². The van der Waals surface area contributed by atoms with Crippen LogP contribution in [0.4, 0.5) is 0 Å². The highest BCUT2D eigenvalue weighted by Gasteiger charge is 2.09. The largest absolute Gasteiger partial charge is 0.468 e. The SMILES string of the molecule is COC(=O)CNC(=O)Cn1cnc2ccc(Br)cc2c1=O.